The maximum absolute atomic E-state index is 6.18. The van der Waals surface area contributed by atoms with Crippen molar-refractivity contribution in [2.45, 2.75) is 4.84 Å². The molecule has 0 amide bonds. The minimum Gasteiger partial charge on any atom is -0.100 e. The number of alkyl halides is 2. The van der Waals surface area contributed by atoms with Crippen molar-refractivity contribution in [3.8, 4) is 11.1 Å². The molecular formula is C13H8BrCl3. The van der Waals surface area contributed by atoms with Crippen LogP contribution in [0.4, 0.5) is 0 Å². The fourth-order valence-electron chi connectivity index (χ4n) is 1.64. The zero-order valence-electron chi connectivity index (χ0n) is 8.63. The molecule has 0 nitrogen and oxygen atoms in total. The first kappa shape index (κ1) is 13.2. The highest BCUT2D eigenvalue weighted by Gasteiger charge is 2.13. The second-order valence-electron chi connectivity index (χ2n) is 3.51. The summed E-state index contributed by atoms with van der Waals surface area (Å²) in [4.78, 5) is -0.584. The van der Waals surface area contributed by atoms with Crippen LogP contribution in [0.25, 0.3) is 11.1 Å². The van der Waals surface area contributed by atoms with E-state index in [1.165, 1.54) is 0 Å². The largest absolute Gasteiger partial charge is 0.133 e. The molecule has 0 heterocycles. The van der Waals surface area contributed by atoms with Crippen LogP contribution in [0.15, 0.2) is 46.9 Å². The molecule has 17 heavy (non-hydrogen) atoms. The van der Waals surface area contributed by atoms with Crippen molar-refractivity contribution in [1.82, 2.24) is 0 Å². The van der Waals surface area contributed by atoms with E-state index in [4.69, 9.17) is 34.8 Å². The smallest absolute Gasteiger partial charge is 0.100 e. The first-order valence-corrected chi connectivity index (χ1v) is 6.96. The SMILES string of the molecule is Clc1ccccc1-c1ccc(Br)cc1C(Cl)Cl. The quantitative estimate of drug-likeness (QED) is 0.562. The molecule has 0 atom stereocenters. The Bertz CT molecular complexity index is 538. The average molecular weight is 350 g/mol. The molecule has 0 radical (unpaired) electrons. The molecule has 0 saturated heterocycles. The van der Waals surface area contributed by atoms with Gasteiger partial charge in [-0.1, -0.05) is 51.8 Å². The number of hydrogen-bond acceptors (Lipinski definition) is 0. The van der Waals surface area contributed by atoms with Crippen LogP contribution in [0.3, 0.4) is 0 Å². The molecule has 0 aliphatic carbocycles. The maximum atomic E-state index is 6.18. The van der Waals surface area contributed by atoms with Gasteiger partial charge in [-0.15, -0.1) is 23.2 Å². The summed E-state index contributed by atoms with van der Waals surface area (Å²) in [7, 11) is 0. The topological polar surface area (TPSA) is 0 Å². The van der Waals surface area contributed by atoms with Gasteiger partial charge in [-0.05, 0) is 29.3 Å². The van der Waals surface area contributed by atoms with Crippen molar-refractivity contribution in [3.63, 3.8) is 0 Å². The van der Waals surface area contributed by atoms with Crippen LogP contribution in [0, 0.1) is 0 Å². The van der Waals surface area contributed by atoms with E-state index in [1.54, 1.807) is 0 Å². The fraction of sp³-hybridized carbons (Fsp3) is 0.0769. The molecule has 0 N–H and O–H groups in total. The molecule has 88 valence electrons. The zero-order chi connectivity index (χ0) is 12.4. The molecule has 2 aromatic carbocycles. The van der Waals surface area contributed by atoms with E-state index in [2.05, 4.69) is 15.9 Å². The van der Waals surface area contributed by atoms with Crippen LogP contribution in [0.1, 0.15) is 10.4 Å². The molecule has 0 aliphatic rings. The molecule has 2 rings (SSSR count). The molecule has 0 saturated carbocycles. The zero-order valence-corrected chi connectivity index (χ0v) is 12.5. The maximum Gasteiger partial charge on any atom is 0.133 e. The van der Waals surface area contributed by atoms with E-state index in [-0.39, 0.29) is 0 Å². The Balaban J connectivity index is 2.63. The lowest BCUT2D eigenvalue weighted by Crippen LogP contribution is -1.89. The third kappa shape index (κ3) is 2.97. The Morgan fingerprint density at radius 2 is 1.65 bits per heavy atom. The highest BCUT2D eigenvalue weighted by Crippen LogP contribution is 2.38. The molecule has 0 bridgehead atoms. The second-order valence-corrected chi connectivity index (χ2v) is 5.93. The van der Waals surface area contributed by atoms with E-state index in [1.807, 2.05) is 42.5 Å². The van der Waals surface area contributed by atoms with Gasteiger partial charge >= 0.3 is 0 Å². The lowest BCUT2D eigenvalue weighted by atomic mass is 10.0. The van der Waals surface area contributed by atoms with Crippen LogP contribution in [0.2, 0.25) is 5.02 Å². The van der Waals surface area contributed by atoms with Gasteiger partial charge in [0.1, 0.15) is 4.84 Å². The normalized spacial score (nSPS) is 10.9. The standard InChI is InChI=1S/C13H8BrCl3/c14-8-5-6-9(11(7-8)13(16)17)10-3-1-2-4-12(10)15/h1-7,13H. The van der Waals surface area contributed by atoms with Crippen LogP contribution >= 0.6 is 50.7 Å². The summed E-state index contributed by atoms with van der Waals surface area (Å²) in [6.07, 6.45) is 0. The van der Waals surface area contributed by atoms with Crippen molar-refractivity contribution in [1.29, 1.82) is 0 Å². The summed E-state index contributed by atoms with van der Waals surface area (Å²) in [5.41, 5.74) is 2.73. The second kappa shape index (κ2) is 5.62. The summed E-state index contributed by atoms with van der Waals surface area (Å²) in [6, 6.07) is 13.4. The summed E-state index contributed by atoms with van der Waals surface area (Å²) in [5, 5.41) is 0.685. The number of rotatable bonds is 2. The highest BCUT2D eigenvalue weighted by molar-refractivity contribution is 9.10. The molecule has 0 aromatic heterocycles. The third-order valence-corrected chi connectivity index (χ3v) is 3.71. The van der Waals surface area contributed by atoms with E-state index in [9.17, 15) is 0 Å². The molecule has 0 fully saturated rings. The Morgan fingerprint density at radius 3 is 2.29 bits per heavy atom. The Morgan fingerprint density at radius 1 is 0.941 bits per heavy atom. The molecule has 4 heteroatoms. The summed E-state index contributed by atoms with van der Waals surface area (Å²) >= 11 is 21.6. The molecule has 0 unspecified atom stereocenters. The van der Waals surface area contributed by atoms with E-state index in [0.29, 0.717) is 5.02 Å². The van der Waals surface area contributed by atoms with Gasteiger partial charge in [0, 0.05) is 15.1 Å². The van der Waals surface area contributed by atoms with Crippen molar-refractivity contribution in [2.75, 3.05) is 0 Å². The van der Waals surface area contributed by atoms with E-state index >= 15 is 0 Å². The summed E-state index contributed by atoms with van der Waals surface area (Å²) in [6.45, 7) is 0. The van der Waals surface area contributed by atoms with Crippen LogP contribution in [-0.2, 0) is 0 Å². The number of hydrogen-bond donors (Lipinski definition) is 0. The van der Waals surface area contributed by atoms with Gasteiger partial charge in [-0.2, -0.15) is 0 Å². The molecule has 0 spiro atoms. The monoisotopic (exact) mass is 348 g/mol. The van der Waals surface area contributed by atoms with Gasteiger partial charge in [0.2, 0.25) is 0 Å². The molecular weight excluding hydrogens is 342 g/mol. The molecule has 0 aliphatic heterocycles. The Labute approximate surface area is 124 Å². The van der Waals surface area contributed by atoms with Crippen molar-refractivity contribution in [3.05, 3.63) is 57.5 Å². The van der Waals surface area contributed by atoms with Crippen LogP contribution in [-0.4, -0.2) is 0 Å². The minimum atomic E-state index is -0.584. The lowest BCUT2D eigenvalue weighted by Gasteiger charge is -2.12. The van der Waals surface area contributed by atoms with Gasteiger partial charge in [0.05, 0.1) is 0 Å². The first-order valence-electron chi connectivity index (χ1n) is 4.92. The van der Waals surface area contributed by atoms with Crippen LogP contribution in [0.5, 0.6) is 0 Å². The first-order chi connectivity index (χ1) is 8.09. The molecule has 2 aromatic rings. The Hall–Kier alpha value is -0.210. The van der Waals surface area contributed by atoms with Gasteiger partial charge in [-0.3, -0.25) is 0 Å². The fourth-order valence-corrected chi connectivity index (χ4v) is 2.62. The lowest BCUT2D eigenvalue weighted by molar-refractivity contribution is 1.34. The predicted octanol–water partition coefficient (Wildman–Crippen LogP) is 6.25. The van der Waals surface area contributed by atoms with Crippen molar-refractivity contribution >= 4 is 50.7 Å². The van der Waals surface area contributed by atoms with Crippen LogP contribution < -0.4 is 0 Å². The minimum absolute atomic E-state index is 0.584. The summed E-state index contributed by atoms with van der Waals surface area (Å²) < 4.78 is 0.939. The summed E-state index contributed by atoms with van der Waals surface area (Å²) in [5.74, 6) is 0. The van der Waals surface area contributed by atoms with E-state index < -0.39 is 4.84 Å². The number of benzene rings is 2. The number of halogens is 4. The highest BCUT2D eigenvalue weighted by atomic mass is 79.9. The van der Waals surface area contributed by atoms with Gasteiger partial charge in [0.25, 0.3) is 0 Å². The Kier molecular flexibility index (Phi) is 4.37. The van der Waals surface area contributed by atoms with Gasteiger partial charge < -0.3 is 0 Å². The van der Waals surface area contributed by atoms with Crippen molar-refractivity contribution in [2.24, 2.45) is 0 Å². The van der Waals surface area contributed by atoms with Crippen molar-refractivity contribution < 1.29 is 0 Å². The average Bonchev–Trinajstić information content (AvgIpc) is 2.30. The third-order valence-electron chi connectivity index (χ3n) is 2.41. The van der Waals surface area contributed by atoms with Gasteiger partial charge in [-0.25, -0.2) is 0 Å². The predicted molar refractivity (Wildman–Crippen MR) is 79.0 cm³/mol. The van der Waals surface area contributed by atoms with Gasteiger partial charge in [0.15, 0.2) is 0 Å². The van der Waals surface area contributed by atoms with E-state index in [0.717, 1.165) is 21.2 Å².